The van der Waals surface area contributed by atoms with Crippen LogP contribution in [0, 0.1) is 6.92 Å². The molecule has 4 rings (SSSR count). The van der Waals surface area contributed by atoms with Gasteiger partial charge in [-0.3, -0.25) is 23.1 Å². The van der Waals surface area contributed by atoms with Gasteiger partial charge in [-0.05, 0) is 26.0 Å². The van der Waals surface area contributed by atoms with Crippen LogP contribution in [-0.4, -0.2) is 42.8 Å². The molecule has 0 amide bonds. The van der Waals surface area contributed by atoms with Crippen LogP contribution in [0.3, 0.4) is 0 Å². The highest BCUT2D eigenvalue weighted by Gasteiger charge is 2.22. The number of carbonyl (C=O) groups excluding carboxylic acids is 1. The van der Waals surface area contributed by atoms with Gasteiger partial charge in [0.1, 0.15) is 12.3 Å². The van der Waals surface area contributed by atoms with Crippen molar-refractivity contribution < 1.29 is 14.3 Å². The second kappa shape index (κ2) is 7.21. The summed E-state index contributed by atoms with van der Waals surface area (Å²) in [6.45, 7) is 3.24. The molecule has 0 atom stereocenters. The van der Waals surface area contributed by atoms with E-state index in [2.05, 4.69) is 4.98 Å². The average Bonchev–Trinajstić information content (AvgIpc) is 3.24. The predicted octanol–water partition coefficient (Wildman–Crippen LogP) is 1.02. The highest BCUT2D eigenvalue weighted by molar-refractivity contribution is 5.77. The maximum absolute atomic E-state index is 13.1. The SMILES string of the molecule is CCOC(=O)Cn1c(=O)c2c(nc3n(-c4ccccc4OC)c(C)cn23)n(C)c1=O. The van der Waals surface area contributed by atoms with Gasteiger partial charge in [0.05, 0.1) is 19.4 Å². The van der Waals surface area contributed by atoms with Crippen LogP contribution < -0.4 is 16.0 Å². The van der Waals surface area contributed by atoms with Crippen molar-refractivity contribution in [3.05, 3.63) is 57.0 Å². The Morgan fingerprint density at radius 1 is 1.20 bits per heavy atom. The number of para-hydroxylation sites is 2. The molecule has 1 aromatic carbocycles. The van der Waals surface area contributed by atoms with Gasteiger partial charge in [0.25, 0.3) is 5.56 Å². The summed E-state index contributed by atoms with van der Waals surface area (Å²) in [5.74, 6) is 0.437. The largest absolute Gasteiger partial charge is 0.495 e. The van der Waals surface area contributed by atoms with Gasteiger partial charge in [0.15, 0.2) is 11.2 Å². The smallest absolute Gasteiger partial charge is 0.333 e. The number of carbonyl (C=O) groups is 1. The van der Waals surface area contributed by atoms with Gasteiger partial charge in [0, 0.05) is 18.9 Å². The molecule has 0 spiro atoms. The Balaban J connectivity index is 2.05. The average molecular weight is 411 g/mol. The van der Waals surface area contributed by atoms with Gasteiger partial charge in [0.2, 0.25) is 5.78 Å². The van der Waals surface area contributed by atoms with E-state index in [9.17, 15) is 14.4 Å². The topological polar surface area (TPSA) is 102 Å². The molecule has 10 nitrogen and oxygen atoms in total. The van der Waals surface area contributed by atoms with Crippen LogP contribution in [0.15, 0.2) is 40.1 Å². The lowest BCUT2D eigenvalue weighted by atomic mass is 10.3. The zero-order chi connectivity index (χ0) is 21.6. The molecule has 0 unspecified atom stereocenters. The van der Waals surface area contributed by atoms with E-state index in [-0.39, 0.29) is 17.8 Å². The number of esters is 1. The number of hydrogen-bond donors (Lipinski definition) is 0. The molecule has 0 aliphatic rings. The first kappa shape index (κ1) is 19.5. The fourth-order valence-electron chi connectivity index (χ4n) is 3.60. The van der Waals surface area contributed by atoms with E-state index in [1.165, 1.54) is 11.6 Å². The van der Waals surface area contributed by atoms with E-state index in [1.54, 1.807) is 24.6 Å². The second-order valence-corrected chi connectivity index (χ2v) is 6.77. The number of rotatable bonds is 5. The van der Waals surface area contributed by atoms with E-state index in [4.69, 9.17) is 9.47 Å². The minimum atomic E-state index is -0.653. The van der Waals surface area contributed by atoms with Gasteiger partial charge in [-0.1, -0.05) is 12.1 Å². The Bertz CT molecular complexity index is 1410. The third kappa shape index (κ3) is 2.79. The summed E-state index contributed by atoms with van der Waals surface area (Å²) < 4.78 is 16.0. The monoisotopic (exact) mass is 411 g/mol. The summed E-state index contributed by atoms with van der Waals surface area (Å²) in [5.41, 5.74) is 0.748. The van der Waals surface area contributed by atoms with Crippen molar-refractivity contribution in [2.24, 2.45) is 7.05 Å². The molecule has 0 N–H and O–H groups in total. The van der Waals surface area contributed by atoms with Crippen LogP contribution in [0.1, 0.15) is 12.6 Å². The Hall–Kier alpha value is -3.82. The first-order chi connectivity index (χ1) is 14.4. The van der Waals surface area contributed by atoms with Gasteiger partial charge < -0.3 is 9.47 Å². The molecule has 0 saturated carbocycles. The molecule has 4 aromatic rings. The van der Waals surface area contributed by atoms with Gasteiger partial charge in [-0.15, -0.1) is 0 Å². The number of nitrogens with zero attached hydrogens (tertiary/aromatic N) is 5. The van der Waals surface area contributed by atoms with Crippen molar-refractivity contribution >= 4 is 22.9 Å². The molecular weight excluding hydrogens is 390 g/mol. The quantitative estimate of drug-likeness (QED) is 0.455. The lowest BCUT2D eigenvalue weighted by molar-refractivity contribution is -0.143. The van der Waals surface area contributed by atoms with Crippen LogP contribution in [0.25, 0.3) is 22.6 Å². The highest BCUT2D eigenvalue weighted by atomic mass is 16.5. The second-order valence-electron chi connectivity index (χ2n) is 6.77. The number of fused-ring (bicyclic) bond motifs is 3. The fraction of sp³-hybridized carbons (Fsp3) is 0.300. The van der Waals surface area contributed by atoms with Crippen LogP contribution >= 0.6 is 0 Å². The van der Waals surface area contributed by atoms with E-state index in [0.717, 1.165) is 15.9 Å². The van der Waals surface area contributed by atoms with Crippen molar-refractivity contribution in [2.45, 2.75) is 20.4 Å². The molecule has 30 heavy (non-hydrogen) atoms. The van der Waals surface area contributed by atoms with Crippen molar-refractivity contribution in [3.8, 4) is 11.4 Å². The maximum Gasteiger partial charge on any atom is 0.333 e. The number of imidazole rings is 2. The molecule has 0 aliphatic heterocycles. The number of aryl methyl sites for hydroxylation is 2. The third-order valence-corrected chi connectivity index (χ3v) is 4.94. The van der Waals surface area contributed by atoms with Crippen molar-refractivity contribution in [2.75, 3.05) is 13.7 Å². The molecule has 3 aromatic heterocycles. The fourth-order valence-corrected chi connectivity index (χ4v) is 3.60. The molecular formula is C20H21N5O5. The predicted molar refractivity (Wildman–Crippen MR) is 109 cm³/mol. The molecule has 0 radical (unpaired) electrons. The summed E-state index contributed by atoms with van der Waals surface area (Å²) >= 11 is 0. The molecule has 3 heterocycles. The minimum absolute atomic E-state index is 0.161. The lowest BCUT2D eigenvalue weighted by Gasteiger charge is -2.10. The normalized spacial score (nSPS) is 11.3. The van der Waals surface area contributed by atoms with Crippen LogP contribution in [0.4, 0.5) is 0 Å². The summed E-state index contributed by atoms with van der Waals surface area (Å²) in [4.78, 5) is 42.3. The summed E-state index contributed by atoms with van der Waals surface area (Å²) in [6.07, 6.45) is 1.76. The van der Waals surface area contributed by atoms with E-state index in [1.807, 2.05) is 35.8 Å². The Labute approximate surface area is 170 Å². The van der Waals surface area contributed by atoms with Crippen LogP contribution in [0.5, 0.6) is 5.75 Å². The van der Waals surface area contributed by atoms with Crippen LogP contribution in [-0.2, 0) is 23.1 Å². The van der Waals surface area contributed by atoms with Crippen molar-refractivity contribution in [1.82, 2.24) is 23.1 Å². The van der Waals surface area contributed by atoms with E-state index < -0.39 is 23.8 Å². The standard InChI is InChI=1S/C20H21N5O5/c1-5-30-15(26)11-24-18(27)16-17(22(3)20(24)28)21-19-23(16)10-12(2)25(19)13-8-6-7-9-14(13)29-4/h6-10H,5,11H2,1-4H3. The molecule has 0 saturated heterocycles. The molecule has 0 fully saturated rings. The van der Waals surface area contributed by atoms with Gasteiger partial charge in [-0.2, -0.15) is 4.98 Å². The molecule has 0 bridgehead atoms. The zero-order valence-corrected chi connectivity index (χ0v) is 17.1. The van der Waals surface area contributed by atoms with Gasteiger partial charge >= 0.3 is 11.7 Å². The summed E-state index contributed by atoms with van der Waals surface area (Å²) in [6, 6.07) is 7.44. The number of aromatic nitrogens is 5. The Kier molecular flexibility index (Phi) is 4.69. The third-order valence-electron chi connectivity index (χ3n) is 4.94. The van der Waals surface area contributed by atoms with Gasteiger partial charge in [-0.25, -0.2) is 9.36 Å². The maximum atomic E-state index is 13.1. The molecule has 0 aliphatic carbocycles. The number of methoxy groups -OCH3 is 1. The van der Waals surface area contributed by atoms with E-state index >= 15 is 0 Å². The lowest BCUT2D eigenvalue weighted by Crippen LogP contribution is -2.41. The summed E-state index contributed by atoms with van der Waals surface area (Å²) in [7, 11) is 3.09. The number of benzene rings is 1. The minimum Gasteiger partial charge on any atom is -0.495 e. The summed E-state index contributed by atoms with van der Waals surface area (Å²) in [5, 5.41) is 0. The molecule has 10 heteroatoms. The van der Waals surface area contributed by atoms with E-state index in [0.29, 0.717) is 11.5 Å². The van der Waals surface area contributed by atoms with Crippen molar-refractivity contribution in [1.29, 1.82) is 0 Å². The zero-order valence-electron chi connectivity index (χ0n) is 17.1. The number of hydrogen-bond acceptors (Lipinski definition) is 6. The highest BCUT2D eigenvalue weighted by Crippen LogP contribution is 2.27. The van der Waals surface area contributed by atoms with Crippen LogP contribution in [0.2, 0.25) is 0 Å². The Morgan fingerprint density at radius 2 is 1.93 bits per heavy atom. The van der Waals surface area contributed by atoms with Crippen molar-refractivity contribution in [3.63, 3.8) is 0 Å². The first-order valence-electron chi connectivity index (χ1n) is 9.38. The Morgan fingerprint density at radius 3 is 2.63 bits per heavy atom. The first-order valence-corrected chi connectivity index (χ1v) is 9.38. The number of ether oxygens (including phenoxy) is 2. The molecule has 156 valence electrons.